The molecule has 0 saturated carbocycles. The van der Waals surface area contributed by atoms with Crippen LogP contribution in [0.1, 0.15) is 23.2 Å². The normalized spacial score (nSPS) is 10.2. The fourth-order valence-corrected chi connectivity index (χ4v) is 1.70. The van der Waals surface area contributed by atoms with Crippen molar-refractivity contribution < 1.29 is 14.3 Å². The van der Waals surface area contributed by atoms with Crippen LogP contribution in [-0.2, 0) is 9.47 Å². The minimum Gasteiger partial charge on any atom is -0.462 e. The summed E-state index contributed by atoms with van der Waals surface area (Å²) in [4.78, 5) is 11.7. The number of rotatable bonds is 6. The smallest absolute Gasteiger partial charge is 0.339 e. The lowest BCUT2D eigenvalue weighted by Crippen LogP contribution is -2.08. The van der Waals surface area contributed by atoms with Crippen LogP contribution in [0.4, 0.5) is 5.69 Å². The number of hydrogen-bond acceptors (Lipinski definition) is 4. The summed E-state index contributed by atoms with van der Waals surface area (Å²) < 4.78 is 10.7. The Balaban J connectivity index is 2.44. The summed E-state index contributed by atoms with van der Waals surface area (Å²) in [6, 6.07) is 5.05. The second-order valence-electron chi connectivity index (χ2n) is 3.58. The average Bonchev–Trinajstić information content (AvgIpc) is 2.32. The third-order valence-corrected chi connectivity index (χ3v) is 2.88. The minimum absolute atomic E-state index is 0.360. The number of ether oxygens (including phenoxy) is 2. The predicted molar refractivity (Wildman–Crippen MR) is 69.9 cm³/mol. The number of halogens is 1. The number of nitrogens with two attached hydrogens (primary N) is 1. The molecule has 0 radical (unpaired) electrons. The molecule has 1 rings (SSSR count). The topological polar surface area (TPSA) is 61.5 Å². The van der Waals surface area contributed by atoms with E-state index < -0.39 is 0 Å². The average molecular weight is 302 g/mol. The van der Waals surface area contributed by atoms with E-state index in [9.17, 15) is 4.79 Å². The molecular formula is C12H16BrNO3. The molecular weight excluding hydrogens is 286 g/mol. The number of carbonyl (C=O) groups excluding carboxylic acids is 1. The van der Waals surface area contributed by atoms with Gasteiger partial charge in [-0.25, -0.2) is 4.79 Å². The van der Waals surface area contributed by atoms with Gasteiger partial charge in [0.1, 0.15) is 0 Å². The molecule has 17 heavy (non-hydrogen) atoms. The van der Waals surface area contributed by atoms with Crippen molar-refractivity contribution in [2.24, 2.45) is 0 Å². The zero-order chi connectivity index (χ0) is 12.7. The van der Waals surface area contributed by atoms with Crippen molar-refractivity contribution >= 4 is 27.6 Å². The van der Waals surface area contributed by atoms with Gasteiger partial charge in [0, 0.05) is 23.9 Å². The molecule has 0 aliphatic heterocycles. The highest BCUT2D eigenvalue weighted by Crippen LogP contribution is 2.20. The summed E-state index contributed by atoms with van der Waals surface area (Å²) in [5.41, 5.74) is 6.61. The van der Waals surface area contributed by atoms with E-state index in [4.69, 9.17) is 15.2 Å². The van der Waals surface area contributed by atoms with Crippen LogP contribution >= 0.6 is 15.9 Å². The molecule has 1 aromatic rings. The Morgan fingerprint density at radius 3 is 2.76 bits per heavy atom. The summed E-state index contributed by atoms with van der Waals surface area (Å²) in [5, 5.41) is 0. The minimum atomic E-state index is -0.360. The molecule has 2 N–H and O–H groups in total. The lowest BCUT2D eigenvalue weighted by Gasteiger charge is -2.07. The zero-order valence-electron chi connectivity index (χ0n) is 9.74. The molecule has 0 bridgehead atoms. The number of methoxy groups -OCH3 is 1. The summed E-state index contributed by atoms with van der Waals surface area (Å²) >= 11 is 3.29. The van der Waals surface area contributed by atoms with Crippen LogP contribution in [0.15, 0.2) is 22.7 Å². The Hall–Kier alpha value is -1.07. The third kappa shape index (κ3) is 4.75. The van der Waals surface area contributed by atoms with Crippen LogP contribution in [0.3, 0.4) is 0 Å². The number of hydrogen-bond donors (Lipinski definition) is 1. The van der Waals surface area contributed by atoms with E-state index in [1.54, 1.807) is 25.3 Å². The van der Waals surface area contributed by atoms with Gasteiger partial charge in [0.25, 0.3) is 0 Å². The number of anilines is 1. The second kappa shape index (κ2) is 7.29. The van der Waals surface area contributed by atoms with Gasteiger partial charge >= 0.3 is 5.97 Å². The van der Waals surface area contributed by atoms with Crippen molar-refractivity contribution in [3.63, 3.8) is 0 Å². The molecule has 0 aliphatic carbocycles. The lowest BCUT2D eigenvalue weighted by atomic mass is 10.2. The predicted octanol–water partition coefficient (Wildman–Crippen LogP) is 2.61. The van der Waals surface area contributed by atoms with E-state index in [-0.39, 0.29) is 5.97 Å². The largest absolute Gasteiger partial charge is 0.462 e. The van der Waals surface area contributed by atoms with Crippen LogP contribution in [0.25, 0.3) is 0 Å². The SMILES string of the molecule is COCCCCOC(=O)c1cc(N)ccc1Br. The summed E-state index contributed by atoms with van der Waals surface area (Å²) in [7, 11) is 1.65. The van der Waals surface area contributed by atoms with Gasteiger partial charge in [-0.2, -0.15) is 0 Å². The molecule has 0 saturated heterocycles. The van der Waals surface area contributed by atoms with Crippen LogP contribution in [0.2, 0.25) is 0 Å². The van der Waals surface area contributed by atoms with Crippen molar-refractivity contribution in [3.05, 3.63) is 28.2 Å². The van der Waals surface area contributed by atoms with Gasteiger partial charge in [0.2, 0.25) is 0 Å². The maximum atomic E-state index is 11.7. The molecule has 0 aromatic heterocycles. The summed E-state index contributed by atoms with van der Waals surface area (Å²) in [6.45, 7) is 1.07. The molecule has 4 nitrogen and oxygen atoms in total. The Labute approximate surface area is 109 Å². The number of unbranched alkanes of at least 4 members (excludes halogenated alkanes) is 1. The molecule has 94 valence electrons. The Morgan fingerprint density at radius 1 is 1.35 bits per heavy atom. The van der Waals surface area contributed by atoms with Crippen LogP contribution in [0.5, 0.6) is 0 Å². The van der Waals surface area contributed by atoms with Crippen molar-refractivity contribution in [3.8, 4) is 0 Å². The van der Waals surface area contributed by atoms with E-state index in [1.807, 2.05) is 0 Å². The molecule has 1 aromatic carbocycles. The first-order valence-electron chi connectivity index (χ1n) is 5.36. The number of carbonyl (C=O) groups is 1. The molecule has 0 atom stereocenters. The molecule has 0 spiro atoms. The van der Waals surface area contributed by atoms with Gasteiger partial charge < -0.3 is 15.2 Å². The monoisotopic (exact) mass is 301 g/mol. The van der Waals surface area contributed by atoms with Crippen LogP contribution in [0, 0.1) is 0 Å². The Morgan fingerprint density at radius 2 is 2.06 bits per heavy atom. The number of esters is 1. The first kappa shape index (κ1) is 14.0. The van der Waals surface area contributed by atoms with E-state index in [0.29, 0.717) is 28.9 Å². The molecule has 0 aliphatic rings. The molecule has 0 amide bonds. The molecule has 5 heteroatoms. The van der Waals surface area contributed by atoms with Crippen molar-refractivity contribution in [2.45, 2.75) is 12.8 Å². The molecule has 0 heterocycles. The van der Waals surface area contributed by atoms with Gasteiger partial charge in [0.15, 0.2) is 0 Å². The maximum Gasteiger partial charge on any atom is 0.339 e. The fourth-order valence-electron chi connectivity index (χ4n) is 1.29. The van der Waals surface area contributed by atoms with E-state index in [0.717, 1.165) is 12.8 Å². The third-order valence-electron chi connectivity index (χ3n) is 2.19. The van der Waals surface area contributed by atoms with Gasteiger partial charge in [-0.1, -0.05) is 0 Å². The van der Waals surface area contributed by atoms with Crippen molar-refractivity contribution in [1.29, 1.82) is 0 Å². The first-order chi connectivity index (χ1) is 8.15. The van der Waals surface area contributed by atoms with Gasteiger partial charge in [-0.3, -0.25) is 0 Å². The quantitative estimate of drug-likeness (QED) is 0.498. The number of benzene rings is 1. The summed E-state index contributed by atoms with van der Waals surface area (Å²) in [5.74, 6) is -0.360. The fraction of sp³-hybridized carbons (Fsp3) is 0.417. The van der Waals surface area contributed by atoms with Crippen LogP contribution < -0.4 is 5.73 Å². The van der Waals surface area contributed by atoms with E-state index in [1.165, 1.54) is 0 Å². The Kier molecular flexibility index (Phi) is 6.00. The van der Waals surface area contributed by atoms with Gasteiger partial charge in [-0.15, -0.1) is 0 Å². The van der Waals surface area contributed by atoms with Gasteiger partial charge in [0.05, 0.1) is 12.2 Å². The maximum absolute atomic E-state index is 11.7. The molecule has 0 unspecified atom stereocenters. The van der Waals surface area contributed by atoms with Crippen LogP contribution in [-0.4, -0.2) is 26.3 Å². The highest BCUT2D eigenvalue weighted by atomic mass is 79.9. The zero-order valence-corrected chi connectivity index (χ0v) is 11.3. The van der Waals surface area contributed by atoms with E-state index in [2.05, 4.69) is 15.9 Å². The number of nitrogen functional groups attached to an aromatic ring is 1. The highest BCUT2D eigenvalue weighted by Gasteiger charge is 2.11. The highest BCUT2D eigenvalue weighted by molar-refractivity contribution is 9.10. The molecule has 0 fully saturated rings. The first-order valence-corrected chi connectivity index (χ1v) is 6.15. The Bertz CT molecular complexity index is 382. The summed E-state index contributed by atoms with van der Waals surface area (Å²) in [6.07, 6.45) is 1.67. The van der Waals surface area contributed by atoms with E-state index >= 15 is 0 Å². The van der Waals surface area contributed by atoms with Crippen molar-refractivity contribution in [1.82, 2.24) is 0 Å². The van der Waals surface area contributed by atoms with Gasteiger partial charge in [-0.05, 0) is 47.0 Å². The van der Waals surface area contributed by atoms with Crippen molar-refractivity contribution in [2.75, 3.05) is 26.1 Å². The lowest BCUT2D eigenvalue weighted by molar-refractivity contribution is 0.0488. The standard InChI is InChI=1S/C12H16BrNO3/c1-16-6-2-3-7-17-12(15)10-8-9(14)4-5-11(10)13/h4-5,8H,2-3,6-7,14H2,1H3. The second-order valence-corrected chi connectivity index (χ2v) is 4.43.